The number of rotatable bonds is 7. The first-order chi connectivity index (χ1) is 18.9. The summed E-state index contributed by atoms with van der Waals surface area (Å²) in [6, 6.07) is 31.7. The van der Waals surface area contributed by atoms with E-state index in [4.69, 9.17) is 4.98 Å². The average Bonchev–Trinajstić information content (AvgIpc) is 2.95. The normalized spacial score (nSPS) is 11.8. The number of aromatic nitrogens is 2. The molecule has 5 aromatic rings. The molecule has 39 heavy (non-hydrogen) atoms. The number of amides is 2. The van der Waals surface area contributed by atoms with E-state index in [-0.39, 0.29) is 11.6 Å². The number of hydrogen-bond acceptors (Lipinski definition) is 3. The smallest absolute Gasteiger partial charge is 0.310 e. The molecule has 0 aliphatic carbocycles. The molecular formula is C32H29BrN4O2. The maximum absolute atomic E-state index is 13.9. The molecule has 1 N–H and O–H groups in total. The van der Waals surface area contributed by atoms with Gasteiger partial charge in [-0.2, -0.15) is 0 Å². The van der Waals surface area contributed by atoms with E-state index in [0.717, 1.165) is 15.6 Å². The highest BCUT2D eigenvalue weighted by Crippen LogP contribution is 2.29. The Hall–Kier alpha value is -4.23. The Balaban J connectivity index is 1.67. The zero-order valence-corrected chi connectivity index (χ0v) is 23.4. The lowest BCUT2D eigenvalue weighted by molar-refractivity contribution is 0.177. The van der Waals surface area contributed by atoms with Crippen LogP contribution in [0.25, 0.3) is 16.6 Å². The molecular weight excluding hydrogens is 552 g/mol. The molecule has 6 nitrogen and oxygen atoms in total. The first kappa shape index (κ1) is 26.4. The van der Waals surface area contributed by atoms with Gasteiger partial charge in [-0.15, -0.1) is 0 Å². The number of benzene rings is 4. The summed E-state index contributed by atoms with van der Waals surface area (Å²) in [5.41, 5.74) is 3.91. The lowest BCUT2D eigenvalue weighted by Crippen LogP contribution is -2.40. The molecule has 1 atom stereocenters. The summed E-state index contributed by atoms with van der Waals surface area (Å²) in [4.78, 5) is 34.6. The van der Waals surface area contributed by atoms with E-state index in [1.807, 2.05) is 111 Å². The second kappa shape index (κ2) is 11.7. The minimum Gasteiger partial charge on any atom is -0.310 e. The summed E-state index contributed by atoms with van der Waals surface area (Å²) in [5, 5.41) is 3.58. The van der Waals surface area contributed by atoms with Gasteiger partial charge in [0.2, 0.25) is 0 Å². The molecule has 1 unspecified atom stereocenters. The lowest BCUT2D eigenvalue weighted by atomic mass is 10.1. The van der Waals surface area contributed by atoms with Crippen molar-refractivity contribution in [3.05, 3.63) is 135 Å². The van der Waals surface area contributed by atoms with Crippen LogP contribution >= 0.6 is 15.9 Å². The van der Waals surface area contributed by atoms with E-state index in [2.05, 4.69) is 21.2 Å². The minimum atomic E-state index is -0.489. The van der Waals surface area contributed by atoms with Crippen LogP contribution in [0.4, 0.5) is 10.5 Å². The first-order valence-electron chi connectivity index (χ1n) is 12.9. The number of carbonyl (C=O) groups excluding carboxylic acids is 1. The van der Waals surface area contributed by atoms with Gasteiger partial charge >= 0.3 is 6.03 Å². The van der Waals surface area contributed by atoms with Gasteiger partial charge in [-0.05, 0) is 67.4 Å². The quantitative estimate of drug-likeness (QED) is 0.215. The number of halogens is 1. The van der Waals surface area contributed by atoms with Gasteiger partial charge in [0.1, 0.15) is 5.82 Å². The van der Waals surface area contributed by atoms with E-state index in [9.17, 15) is 9.59 Å². The third-order valence-electron chi connectivity index (χ3n) is 6.71. The third kappa shape index (κ3) is 5.78. The van der Waals surface area contributed by atoms with Gasteiger partial charge in [0.05, 0.1) is 22.6 Å². The SMILES string of the molecule is CCC(c1nc2ccccc2c(=O)n1-c1ccc(Br)cc1)N(Cc1ccccc1)C(=O)Nc1ccc(C)cc1. The number of carbonyl (C=O) groups is 1. The fourth-order valence-corrected chi connectivity index (χ4v) is 4.96. The monoisotopic (exact) mass is 580 g/mol. The van der Waals surface area contributed by atoms with Gasteiger partial charge in [-0.3, -0.25) is 9.36 Å². The average molecular weight is 582 g/mol. The molecule has 2 amide bonds. The Labute approximate surface area is 236 Å². The molecule has 4 aromatic carbocycles. The van der Waals surface area contributed by atoms with Crippen molar-refractivity contribution in [3.63, 3.8) is 0 Å². The standard InChI is InChI=1S/C32H29BrN4O2/c1-3-29(36(21-23-9-5-4-6-10-23)32(39)34-25-17-13-22(2)14-18-25)30-35-28-12-8-7-11-27(28)31(38)37(30)26-19-15-24(33)16-20-26/h4-20,29H,3,21H2,1-2H3,(H,34,39). The van der Waals surface area contributed by atoms with Crippen LogP contribution in [-0.2, 0) is 6.54 Å². The summed E-state index contributed by atoms with van der Waals surface area (Å²) < 4.78 is 2.55. The summed E-state index contributed by atoms with van der Waals surface area (Å²) in [6.45, 7) is 4.36. The van der Waals surface area contributed by atoms with Crippen molar-refractivity contribution in [1.82, 2.24) is 14.5 Å². The fraction of sp³-hybridized carbons (Fsp3) is 0.156. The molecule has 0 spiro atoms. The molecule has 1 aromatic heterocycles. The Morgan fingerprint density at radius 2 is 1.59 bits per heavy atom. The molecule has 0 saturated carbocycles. The summed E-state index contributed by atoms with van der Waals surface area (Å²) in [6.07, 6.45) is 0.551. The number of para-hydroxylation sites is 1. The molecule has 0 bridgehead atoms. The number of nitrogens with one attached hydrogen (secondary N) is 1. The minimum absolute atomic E-state index is 0.171. The van der Waals surface area contributed by atoms with Crippen LogP contribution in [0.5, 0.6) is 0 Å². The predicted molar refractivity (Wildman–Crippen MR) is 160 cm³/mol. The molecule has 1 heterocycles. The number of nitrogens with zero attached hydrogens (tertiary/aromatic N) is 3. The summed E-state index contributed by atoms with van der Waals surface area (Å²) in [5.74, 6) is 0.513. The first-order valence-corrected chi connectivity index (χ1v) is 13.7. The molecule has 5 rings (SSSR count). The number of anilines is 1. The molecule has 0 fully saturated rings. The van der Waals surface area contributed by atoms with Gasteiger partial charge in [0.25, 0.3) is 5.56 Å². The Kier molecular flexibility index (Phi) is 7.89. The van der Waals surface area contributed by atoms with Crippen molar-refractivity contribution >= 4 is 38.6 Å². The van der Waals surface area contributed by atoms with Crippen molar-refractivity contribution in [2.24, 2.45) is 0 Å². The number of fused-ring (bicyclic) bond motifs is 1. The van der Waals surface area contributed by atoms with Crippen LogP contribution < -0.4 is 10.9 Å². The second-order valence-electron chi connectivity index (χ2n) is 9.44. The van der Waals surface area contributed by atoms with E-state index in [1.165, 1.54) is 0 Å². The van der Waals surface area contributed by atoms with Gasteiger partial charge in [-0.1, -0.05) is 83.0 Å². The Morgan fingerprint density at radius 1 is 0.923 bits per heavy atom. The number of hydrogen-bond donors (Lipinski definition) is 1. The van der Waals surface area contributed by atoms with Gasteiger partial charge in [0, 0.05) is 16.7 Å². The Morgan fingerprint density at radius 3 is 2.28 bits per heavy atom. The molecule has 7 heteroatoms. The van der Waals surface area contributed by atoms with Crippen LogP contribution in [0, 0.1) is 6.92 Å². The third-order valence-corrected chi connectivity index (χ3v) is 7.24. The molecule has 196 valence electrons. The van der Waals surface area contributed by atoms with Crippen LogP contribution in [0.15, 0.2) is 112 Å². The van der Waals surface area contributed by atoms with Crippen molar-refractivity contribution in [3.8, 4) is 5.69 Å². The van der Waals surface area contributed by atoms with E-state index >= 15 is 0 Å². The highest BCUT2D eigenvalue weighted by molar-refractivity contribution is 9.10. The highest BCUT2D eigenvalue weighted by Gasteiger charge is 2.29. The second-order valence-corrected chi connectivity index (χ2v) is 10.4. The van der Waals surface area contributed by atoms with Crippen LogP contribution in [-0.4, -0.2) is 20.5 Å². The largest absolute Gasteiger partial charge is 0.322 e. The Bertz CT molecular complexity index is 1650. The maximum atomic E-state index is 13.9. The summed E-state index contributed by atoms with van der Waals surface area (Å²) in [7, 11) is 0. The number of aryl methyl sites for hydroxylation is 1. The van der Waals surface area contributed by atoms with E-state index < -0.39 is 6.04 Å². The highest BCUT2D eigenvalue weighted by atomic mass is 79.9. The zero-order chi connectivity index (χ0) is 27.4. The molecule has 0 aliphatic heterocycles. The molecule has 0 radical (unpaired) electrons. The molecule has 0 aliphatic rings. The van der Waals surface area contributed by atoms with Crippen molar-refractivity contribution in [2.75, 3.05) is 5.32 Å². The van der Waals surface area contributed by atoms with Crippen molar-refractivity contribution in [1.29, 1.82) is 0 Å². The van der Waals surface area contributed by atoms with Crippen molar-refractivity contribution < 1.29 is 4.79 Å². The lowest BCUT2D eigenvalue weighted by Gasteiger charge is -2.32. The van der Waals surface area contributed by atoms with Crippen LogP contribution in [0.1, 0.15) is 36.3 Å². The van der Waals surface area contributed by atoms with E-state index in [1.54, 1.807) is 15.5 Å². The maximum Gasteiger partial charge on any atom is 0.322 e. The van der Waals surface area contributed by atoms with Crippen molar-refractivity contribution in [2.45, 2.75) is 32.9 Å². The zero-order valence-electron chi connectivity index (χ0n) is 21.8. The molecule has 0 saturated heterocycles. The fourth-order valence-electron chi connectivity index (χ4n) is 4.69. The van der Waals surface area contributed by atoms with Crippen LogP contribution in [0.3, 0.4) is 0 Å². The topological polar surface area (TPSA) is 67.2 Å². The predicted octanol–water partition coefficient (Wildman–Crippen LogP) is 7.64. The summed E-state index contributed by atoms with van der Waals surface area (Å²) >= 11 is 3.49. The number of urea groups is 1. The van der Waals surface area contributed by atoms with E-state index in [0.29, 0.717) is 41.1 Å². The van der Waals surface area contributed by atoms with Gasteiger partial charge in [0.15, 0.2) is 0 Å². The van der Waals surface area contributed by atoms with Crippen LogP contribution in [0.2, 0.25) is 0 Å². The van der Waals surface area contributed by atoms with Gasteiger partial charge in [-0.25, -0.2) is 9.78 Å². The van der Waals surface area contributed by atoms with Gasteiger partial charge < -0.3 is 10.2 Å².